The molecule has 7 N–H and O–H groups in total. The van der Waals surface area contributed by atoms with Gasteiger partial charge in [-0.25, -0.2) is 4.79 Å². The van der Waals surface area contributed by atoms with Gasteiger partial charge in [0, 0.05) is 5.75 Å². The minimum absolute atomic E-state index is 0.0718. The highest BCUT2D eigenvalue weighted by atomic mass is 32.2. The molecule has 0 bridgehead atoms. The first-order valence-corrected chi connectivity index (χ1v) is 11.2. The lowest BCUT2D eigenvalue weighted by Crippen LogP contribution is -2.58. The van der Waals surface area contributed by atoms with Crippen LogP contribution in [-0.2, 0) is 19.2 Å². The first-order valence-electron chi connectivity index (χ1n) is 9.17. The summed E-state index contributed by atoms with van der Waals surface area (Å²) in [6.45, 7) is 2.97. The summed E-state index contributed by atoms with van der Waals surface area (Å²) in [6, 6.07) is -4.28. The van der Waals surface area contributed by atoms with Gasteiger partial charge in [-0.2, -0.15) is 24.4 Å². The number of carboxylic acid groups (broad SMARTS) is 1. The Morgan fingerprint density at radius 2 is 1.52 bits per heavy atom. The molecule has 0 aromatic rings. The molecule has 0 heterocycles. The molecule has 10 nitrogen and oxygen atoms in total. The highest BCUT2D eigenvalue weighted by molar-refractivity contribution is 7.98. The van der Waals surface area contributed by atoms with Gasteiger partial charge in [0.05, 0.1) is 12.6 Å². The maximum absolute atomic E-state index is 12.8. The average Bonchev–Trinajstić information content (AvgIpc) is 2.66. The minimum atomic E-state index is -1.48. The maximum atomic E-state index is 12.8. The number of carbonyl (C=O) groups excluding carboxylic acids is 3. The Hall–Kier alpha value is -1.50. The van der Waals surface area contributed by atoms with E-state index < -0.39 is 54.5 Å². The molecule has 0 rings (SSSR count). The number of aliphatic hydroxyl groups is 1. The second kappa shape index (κ2) is 14.5. The van der Waals surface area contributed by atoms with Gasteiger partial charge in [0.2, 0.25) is 17.7 Å². The van der Waals surface area contributed by atoms with Gasteiger partial charge in [0.1, 0.15) is 18.1 Å². The molecule has 4 atom stereocenters. The molecule has 12 heteroatoms. The summed E-state index contributed by atoms with van der Waals surface area (Å²) in [5, 5.41) is 25.4. The molecule has 0 aliphatic heterocycles. The van der Waals surface area contributed by atoms with Crippen LogP contribution in [0.5, 0.6) is 0 Å². The van der Waals surface area contributed by atoms with Gasteiger partial charge >= 0.3 is 5.97 Å². The number of carboxylic acids is 1. The van der Waals surface area contributed by atoms with Crippen molar-refractivity contribution in [3.8, 4) is 0 Å². The number of amides is 3. The number of thioether (sulfide) groups is 1. The zero-order valence-electron chi connectivity index (χ0n) is 16.9. The third kappa shape index (κ3) is 10.7. The van der Waals surface area contributed by atoms with Crippen LogP contribution in [0.3, 0.4) is 0 Å². The fourth-order valence-electron chi connectivity index (χ4n) is 2.30. The largest absolute Gasteiger partial charge is 0.480 e. The van der Waals surface area contributed by atoms with Gasteiger partial charge in [-0.3, -0.25) is 14.4 Å². The molecule has 0 radical (unpaired) electrons. The normalized spacial score (nSPS) is 15.1. The van der Waals surface area contributed by atoms with Crippen molar-refractivity contribution in [1.82, 2.24) is 16.0 Å². The van der Waals surface area contributed by atoms with Gasteiger partial charge in [-0.05, 0) is 30.8 Å². The zero-order chi connectivity index (χ0) is 22.6. The van der Waals surface area contributed by atoms with E-state index in [1.54, 1.807) is 0 Å². The predicted octanol–water partition coefficient (Wildman–Crippen LogP) is -1.43. The highest BCUT2D eigenvalue weighted by Gasteiger charge is 2.30. The Bertz CT molecular complexity index is 564. The standard InChI is InChI=1S/C17H32N4O6S2/c1-9(2)6-12(20-14(23)10(18)8-28)16(25)19-11(4-5-29-3)15(24)21-13(7-22)17(26)27/h9-13,22,28H,4-8,18H2,1-3H3,(H,19,25)(H,20,23)(H,21,24)(H,26,27). The number of aliphatic carboxylic acids is 1. The highest BCUT2D eigenvalue weighted by Crippen LogP contribution is 2.08. The fourth-order valence-corrected chi connectivity index (χ4v) is 2.94. The SMILES string of the molecule is CSCCC(NC(=O)C(CC(C)C)NC(=O)C(N)CS)C(=O)NC(CO)C(=O)O. The van der Waals surface area contributed by atoms with E-state index in [0.29, 0.717) is 12.2 Å². The molecular weight excluding hydrogens is 420 g/mol. The number of nitrogens with two attached hydrogens (primary N) is 1. The van der Waals surface area contributed by atoms with Crippen LogP contribution in [-0.4, -0.2) is 82.4 Å². The van der Waals surface area contributed by atoms with Gasteiger partial charge in [0.25, 0.3) is 0 Å². The smallest absolute Gasteiger partial charge is 0.328 e. The lowest BCUT2D eigenvalue weighted by molar-refractivity contribution is -0.143. The van der Waals surface area contributed by atoms with Crippen molar-refractivity contribution < 1.29 is 29.4 Å². The van der Waals surface area contributed by atoms with E-state index in [4.69, 9.17) is 15.9 Å². The second-order valence-corrected chi connectivity index (χ2v) is 8.26. The lowest BCUT2D eigenvalue weighted by Gasteiger charge is -2.25. The molecule has 0 spiro atoms. The van der Waals surface area contributed by atoms with Crippen molar-refractivity contribution in [1.29, 1.82) is 0 Å². The molecule has 0 aliphatic rings. The first kappa shape index (κ1) is 27.5. The van der Waals surface area contributed by atoms with E-state index in [1.165, 1.54) is 11.8 Å². The Kier molecular flexibility index (Phi) is 13.7. The Morgan fingerprint density at radius 3 is 1.97 bits per heavy atom. The maximum Gasteiger partial charge on any atom is 0.328 e. The summed E-state index contributed by atoms with van der Waals surface area (Å²) in [5.41, 5.74) is 5.64. The van der Waals surface area contributed by atoms with Crippen LogP contribution in [0, 0.1) is 5.92 Å². The van der Waals surface area contributed by atoms with Crippen molar-refractivity contribution >= 4 is 48.1 Å². The van der Waals surface area contributed by atoms with E-state index >= 15 is 0 Å². The van der Waals surface area contributed by atoms with Crippen LogP contribution in [0.2, 0.25) is 0 Å². The molecule has 0 fully saturated rings. The van der Waals surface area contributed by atoms with E-state index in [1.807, 2.05) is 20.1 Å². The number of aliphatic hydroxyl groups excluding tert-OH is 1. The van der Waals surface area contributed by atoms with E-state index in [9.17, 15) is 19.2 Å². The monoisotopic (exact) mass is 452 g/mol. The van der Waals surface area contributed by atoms with Crippen LogP contribution in [0.15, 0.2) is 0 Å². The van der Waals surface area contributed by atoms with Crippen molar-refractivity contribution in [2.45, 2.75) is 50.9 Å². The molecule has 0 aromatic heterocycles. The van der Waals surface area contributed by atoms with Gasteiger partial charge in [-0.15, -0.1) is 0 Å². The minimum Gasteiger partial charge on any atom is -0.480 e. The summed E-state index contributed by atoms with van der Waals surface area (Å²) in [4.78, 5) is 48.3. The van der Waals surface area contributed by atoms with Crippen molar-refractivity contribution in [2.75, 3.05) is 24.4 Å². The molecule has 4 unspecified atom stereocenters. The zero-order valence-corrected chi connectivity index (χ0v) is 18.6. The predicted molar refractivity (Wildman–Crippen MR) is 115 cm³/mol. The Labute approximate surface area is 180 Å². The van der Waals surface area contributed by atoms with E-state index in [2.05, 4.69) is 28.6 Å². The van der Waals surface area contributed by atoms with Crippen LogP contribution in [0.4, 0.5) is 0 Å². The molecule has 0 aliphatic carbocycles. The molecule has 29 heavy (non-hydrogen) atoms. The topological polar surface area (TPSA) is 171 Å². The lowest BCUT2D eigenvalue weighted by atomic mass is 10.0. The Balaban J connectivity index is 5.31. The molecule has 3 amide bonds. The molecule has 0 saturated carbocycles. The van der Waals surface area contributed by atoms with Crippen LogP contribution >= 0.6 is 24.4 Å². The Morgan fingerprint density at radius 1 is 1.00 bits per heavy atom. The van der Waals surface area contributed by atoms with Crippen molar-refractivity contribution in [2.24, 2.45) is 11.7 Å². The third-order valence-corrected chi connectivity index (χ3v) is 4.95. The van der Waals surface area contributed by atoms with Crippen LogP contribution < -0.4 is 21.7 Å². The summed E-state index contributed by atoms with van der Waals surface area (Å²) < 4.78 is 0. The summed E-state index contributed by atoms with van der Waals surface area (Å²) >= 11 is 5.42. The molecule has 0 aromatic carbocycles. The number of carbonyl (C=O) groups is 4. The summed E-state index contributed by atoms with van der Waals surface area (Å²) in [5.74, 6) is -2.51. The first-order chi connectivity index (χ1) is 13.6. The number of rotatable bonds is 14. The second-order valence-electron chi connectivity index (χ2n) is 6.90. The molecule has 0 saturated heterocycles. The number of nitrogens with one attached hydrogen (secondary N) is 3. The average molecular weight is 453 g/mol. The number of thiol groups is 1. The summed E-state index contributed by atoms with van der Waals surface area (Å²) in [7, 11) is 0. The van der Waals surface area contributed by atoms with Gasteiger partial charge < -0.3 is 31.9 Å². The molecular formula is C17H32N4O6S2. The van der Waals surface area contributed by atoms with Gasteiger partial charge in [0.15, 0.2) is 0 Å². The summed E-state index contributed by atoms with van der Waals surface area (Å²) in [6.07, 6.45) is 2.39. The van der Waals surface area contributed by atoms with Crippen molar-refractivity contribution in [3.63, 3.8) is 0 Å². The third-order valence-electron chi connectivity index (χ3n) is 3.91. The quantitative estimate of drug-likeness (QED) is 0.157. The molecule has 168 valence electrons. The number of hydrogen-bond donors (Lipinski definition) is 7. The van der Waals surface area contributed by atoms with E-state index in [0.717, 1.165) is 0 Å². The van der Waals surface area contributed by atoms with Crippen LogP contribution in [0.1, 0.15) is 26.7 Å². The van der Waals surface area contributed by atoms with Crippen LogP contribution in [0.25, 0.3) is 0 Å². The van der Waals surface area contributed by atoms with Gasteiger partial charge in [-0.1, -0.05) is 13.8 Å². The number of hydrogen-bond acceptors (Lipinski definition) is 8. The fraction of sp³-hybridized carbons (Fsp3) is 0.765. The van der Waals surface area contributed by atoms with Crippen molar-refractivity contribution in [3.05, 3.63) is 0 Å². The van der Waals surface area contributed by atoms with E-state index in [-0.39, 0.29) is 18.1 Å².